The normalized spacial score (nSPS) is 20.2. The Morgan fingerprint density at radius 1 is 1.30 bits per heavy atom. The van der Waals surface area contributed by atoms with Crippen LogP contribution in [0.15, 0.2) is 28.8 Å². The van der Waals surface area contributed by atoms with Crippen LogP contribution in [0.25, 0.3) is 0 Å². The topological polar surface area (TPSA) is 51.4 Å². The van der Waals surface area contributed by atoms with Crippen molar-refractivity contribution in [3.05, 3.63) is 47.1 Å². The summed E-state index contributed by atoms with van der Waals surface area (Å²) in [5, 5.41) is 3.96. The number of morpholine rings is 1. The van der Waals surface area contributed by atoms with Gasteiger partial charge in [0.1, 0.15) is 6.10 Å². The van der Waals surface area contributed by atoms with Crippen molar-refractivity contribution >= 4 is 0 Å². The maximum Gasteiger partial charge on any atom is 0.223 e. The molecule has 0 bridgehead atoms. The summed E-state index contributed by atoms with van der Waals surface area (Å²) in [5.41, 5.74) is 2.68. The summed E-state index contributed by atoms with van der Waals surface area (Å²) in [7, 11) is 0. The lowest BCUT2D eigenvalue weighted by Gasteiger charge is -2.31. The van der Waals surface area contributed by atoms with Gasteiger partial charge in [0.25, 0.3) is 0 Å². The first kappa shape index (κ1) is 13.3. The third-order valence-electron chi connectivity index (χ3n) is 3.64. The molecule has 0 N–H and O–H groups in total. The van der Waals surface area contributed by atoms with E-state index in [1.54, 1.807) is 6.92 Å². The molecule has 2 heterocycles. The van der Waals surface area contributed by atoms with E-state index in [9.17, 15) is 0 Å². The Labute approximate surface area is 118 Å². The van der Waals surface area contributed by atoms with Crippen LogP contribution in [0.2, 0.25) is 0 Å². The SMILES string of the molecule is Cc1nc([C@@H]2CN(Cc3ccccc3C)CCO2)no1. The van der Waals surface area contributed by atoms with Gasteiger partial charge in [-0.3, -0.25) is 4.90 Å². The summed E-state index contributed by atoms with van der Waals surface area (Å²) in [6, 6.07) is 8.49. The smallest absolute Gasteiger partial charge is 0.223 e. The van der Waals surface area contributed by atoms with Gasteiger partial charge < -0.3 is 9.26 Å². The Morgan fingerprint density at radius 2 is 2.15 bits per heavy atom. The van der Waals surface area contributed by atoms with Gasteiger partial charge in [0.15, 0.2) is 0 Å². The van der Waals surface area contributed by atoms with Crippen molar-refractivity contribution in [1.29, 1.82) is 0 Å². The third-order valence-corrected chi connectivity index (χ3v) is 3.64. The lowest BCUT2D eigenvalue weighted by Crippen LogP contribution is -2.38. The predicted molar refractivity (Wildman–Crippen MR) is 74.2 cm³/mol. The second-order valence-corrected chi connectivity index (χ2v) is 5.19. The van der Waals surface area contributed by atoms with Crippen molar-refractivity contribution in [1.82, 2.24) is 15.0 Å². The summed E-state index contributed by atoms with van der Waals surface area (Å²) >= 11 is 0. The zero-order valence-corrected chi connectivity index (χ0v) is 11.9. The van der Waals surface area contributed by atoms with Crippen LogP contribution in [-0.4, -0.2) is 34.7 Å². The highest BCUT2D eigenvalue weighted by Crippen LogP contribution is 2.21. The van der Waals surface area contributed by atoms with Gasteiger partial charge >= 0.3 is 0 Å². The Kier molecular flexibility index (Phi) is 3.80. The fourth-order valence-electron chi connectivity index (χ4n) is 2.48. The summed E-state index contributed by atoms with van der Waals surface area (Å²) in [6.45, 7) is 7.31. The van der Waals surface area contributed by atoms with Gasteiger partial charge in [-0.05, 0) is 18.1 Å². The van der Waals surface area contributed by atoms with Crippen molar-refractivity contribution < 1.29 is 9.26 Å². The molecule has 5 heteroatoms. The third kappa shape index (κ3) is 2.89. The highest BCUT2D eigenvalue weighted by atomic mass is 16.5. The number of benzene rings is 1. The quantitative estimate of drug-likeness (QED) is 0.858. The Hall–Kier alpha value is -1.72. The van der Waals surface area contributed by atoms with E-state index in [2.05, 4.69) is 46.2 Å². The fourth-order valence-corrected chi connectivity index (χ4v) is 2.48. The maximum absolute atomic E-state index is 5.75. The molecule has 1 atom stereocenters. The van der Waals surface area contributed by atoms with Gasteiger partial charge in [0.2, 0.25) is 11.7 Å². The summed E-state index contributed by atoms with van der Waals surface area (Å²) < 4.78 is 10.8. The lowest BCUT2D eigenvalue weighted by molar-refractivity contribution is -0.0381. The van der Waals surface area contributed by atoms with E-state index in [-0.39, 0.29) is 6.10 Å². The highest BCUT2D eigenvalue weighted by Gasteiger charge is 2.25. The van der Waals surface area contributed by atoms with Crippen LogP contribution in [0.3, 0.4) is 0 Å². The zero-order valence-electron chi connectivity index (χ0n) is 11.9. The molecule has 0 aliphatic carbocycles. The van der Waals surface area contributed by atoms with Crippen LogP contribution in [0, 0.1) is 13.8 Å². The van der Waals surface area contributed by atoms with E-state index in [1.165, 1.54) is 11.1 Å². The minimum atomic E-state index is -0.0924. The number of rotatable bonds is 3. The molecule has 3 rings (SSSR count). The summed E-state index contributed by atoms with van der Waals surface area (Å²) in [5.74, 6) is 1.23. The molecule has 1 aromatic carbocycles. The Morgan fingerprint density at radius 3 is 2.90 bits per heavy atom. The molecule has 2 aromatic rings. The van der Waals surface area contributed by atoms with Crippen molar-refractivity contribution in [2.75, 3.05) is 19.7 Å². The van der Waals surface area contributed by atoms with Gasteiger partial charge in [-0.15, -0.1) is 0 Å². The van der Waals surface area contributed by atoms with E-state index in [1.807, 2.05) is 0 Å². The van der Waals surface area contributed by atoms with Crippen molar-refractivity contribution in [3.63, 3.8) is 0 Å². The number of ether oxygens (including phenoxy) is 1. The molecule has 1 saturated heterocycles. The van der Waals surface area contributed by atoms with Gasteiger partial charge in [-0.25, -0.2) is 0 Å². The average Bonchev–Trinajstić information content (AvgIpc) is 2.89. The second kappa shape index (κ2) is 5.73. The van der Waals surface area contributed by atoms with Crippen molar-refractivity contribution in [2.24, 2.45) is 0 Å². The molecular formula is C15H19N3O2. The number of aryl methyl sites for hydroxylation is 2. The number of hydrogen-bond acceptors (Lipinski definition) is 5. The molecule has 1 aromatic heterocycles. The zero-order chi connectivity index (χ0) is 13.9. The first-order valence-corrected chi connectivity index (χ1v) is 6.91. The number of nitrogens with zero attached hydrogens (tertiary/aromatic N) is 3. The average molecular weight is 273 g/mol. The molecule has 20 heavy (non-hydrogen) atoms. The molecule has 1 aliphatic heterocycles. The molecule has 0 amide bonds. The Balaban J connectivity index is 1.68. The van der Waals surface area contributed by atoms with Gasteiger partial charge in [0, 0.05) is 26.6 Å². The van der Waals surface area contributed by atoms with Gasteiger partial charge in [0.05, 0.1) is 6.61 Å². The van der Waals surface area contributed by atoms with Crippen LogP contribution in [-0.2, 0) is 11.3 Å². The fraction of sp³-hybridized carbons (Fsp3) is 0.467. The summed E-state index contributed by atoms with van der Waals surface area (Å²) in [6.07, 6.45) is -0.0924. The van der Waals surface area contributed by atoms with E-state index < -0.39 is 0 Å². The van der Waals surface area contributed by atoms with E-state index >= 15 is 0 Å². The van der Waals surface area contributed by atoms with Crippen molar-refractivity contribution in [3.8, 4) is 0 Å². The van der Waals surface area contributed by atoms with Crippen molar-refractivity contribution in [2.45, 2.75) is 26.5 Å². The lowest BCUT2D eigenvalue weighted by atomic mass is 10.1. The highest BCUT2D eigenvalue weighted by molar-refractivity contribution is 5.25. The van der Waals surface area contributed by atoms with E-state index in [0.29, 0.717) is 18.3 Å². The van der Waals surface area contributed by atoms with Crippen LogP contribution >= 0.6 is 0 Å². The molecule has 5 nitrogen and oxygen atoms in total. The van der Waals surface area contributed by atoms with E-state index in [4.69, 9.17) is 9.26 Å². The molecule has 0 radical (unpaired) electrons. The predicted octanol–water partition coefficient (Wildman–Crippen LogP) is 2.26. The monoisotopic (exact) mass is 273 g/mol. The minimum absolute atomic E-state index is 0.0924. The number of aromatic nitrogens is 2. The molecule has 0 saturated carbocycles. The van der Waals surface area contributed by atoms with Gasteiger partial charge in [-0.1, -0.05) is 29.4 Å². The Bertz CT molecular complexity index is 582. The van der Waals surface area contributed by atoms with Crippen LogP contribution < -0.4 is 0 Å². The number of hydrogen-bond donors (Lipinski definition) is 0. The van der Waals surface area contributed by atoms with Crippen LogP contribution in [0.1, 0.15) is 28.9 Å². The molecule has 1 aliphatic rings. The molecule has 0 spiro atoms. The molecular weight excluding hydrogens is 254 g/mol. The molecule has 1 fully saturated rings. The maximum atomic E-state index is 5.75. The second-order valence-electron chi connectivity index (χ2n) is 5.19. The largest absolute Gasteiger partial charge is 0.367 e. The summed E-state index contributed by atoms with van der Waals surface area (Å²) in [4.78, 5) is 6.64. The van der Waals surface area contributed by atoms with Gasteiger partial charge in [-0.2, -0.15) is 4.98 Å². The first-order chi connectivity index (χ1) is 9.72. The van der Waals surface area contributed by atoms with E-state index in [0.717, 1.165) is 19.6 Å². The van der Waals surface area contributed by atoms with Crippen LogP contribution in [0.5, 0.6) is 0 Å². The standard InChI is InChI=1S/C15H19N3O2/c1-11-5-3-4-6-13(11)9-18-7-8-19-14(10-18)15-16-12(2)20-17-15/h3-6,14H,7-10H2,1-2H3/t14-/m0/s1. The van der Waals surface area contributed by atoms with Crippen LogP contribution in [0.4, 0.5) is 0 Å². The molecule has 106 valence electrons. The first-order valence-electron chi connectivity index (χ1n) is 6.91. The minimum Gasteiger partial charge on any atom is -0.367 e. The molecule has 0 unspecified atom stereocenters.